The highest BCUT2D eigenvalue weighted by molar-refractivity contribution is 5.79. The van der Waals surface area contributed by atoms with Gasteiger partial charge in [-0.1, -0.05) is 6.07 Å². The van der Waals surface area contributed by atoms with E-state index in [0.29, 0.717) is 31.9 Å². The van der Waals surface area contributed by atoms with E-state index in [9.17, 15) is 23.2 Å². The Bertz CT molecular complexity index is 733. The van der Waals surface area contributed by atoms with Gasteiger partial charge in [-0.05, 0) is 43.9 Å². The van der Waals surface area contributed by atoms with Crippen LogP contribution < -0.4 is 10.2 Å². The number of rotatable bonds is 5. The van der Waals surface area contributed by atoms with Gasteiger partial charge in [0.15, 0.2) is 0 Å². The van der Waals surface area contributed by atoms with Crippen molar-refractivity contribution >= 4 is 11.6 Å². The minimum Gasteiger partial charge on any atom is -0.369 e. The molecule has 1 aromatic rings. The molecule has 1 atom stereocenters. The molecule has 0 aromatic heterocycles. The molecule has 1 N–H and O–H groups in total. The lowest BCUT2D eigenvalue weighted by Gasteiger charge is -2.36. The van der Waals surface area contributed by atoms with Gasteiger partial charge < -0.3 is 10.2 Å². The van der Waals surface area contributed by atoms with Crippen molar-refractivity contribution in [2.45, 2.75) is 31.5 Å². The van der Waals surface area contributed by atoms with Crippen LogP contribution in [0.3, 0.4) is 0 Å². The van der Waals surface area contributed by atoms with Crippen molar-refractivity contribution in [2.75, 3.05) is 37.6 Å². The lowest BCUT2D eigenvalue weighted by molar-refractivity contribution is -0.137. The smallest absolute Gasteiger partial charge is 0.369 e. The highest BCUT2D eigenvalue weighted by Gasteiger charge is 2.43. The van der Waals surface area contributed by atoms with Crippen LogP contribution in [0.4, 0.5) is 18.9 Å². The molecule has 5 nitrogen and oxygen atoms in total. The first kappa shape index (κ1) is 19.5. The number of alkyl halides is 3. The maximum Gasteiger partial charge on any atom is 0.416 e. The van der Waals surface area contributed by atoms with E-state index in [1.165, 1.54) is 6.07 Å². The molecule has 1 amide bonds. The van der Waals surface area contributed by atoms with Crippen molar-refractivity contribution < 1.29 is 18.0 Å². The lowest BCUT2D eigenvalue weighted by atomic mass is 9.98. The molecule has 2 fully saturated rings. The molecule has 0 spiro atoms. The summed E-state index contributed by atoms with van der Waals surface area (Å²) >= 11 is 0. The first-order valence-corrected chi connectivity index (χ1v) is 9.08. The molecule has 1 saturated heterocycles. The summed E-state index contributed by atoms with van der Waals surface area (Å²) in [7, 11) is 0. The molecule has 0 radical (unpaired) electrons. The summed E-state index contributed by atoms with van der Waals surface area (Å²) in [6.45, 7) is 4.21. The fourth-order valence-corrected chi connectivity index (χ4v) is 3.46. The number of nitriles is 1. The highest BCUT2D eigenvalue weighted by Crippen LogP contribution is 2.39. The average Bonchev–Trinajstić information content (AvgIpc) is 3.47. The third-order valence-corrected chi connectivity index (χ3v) is 5.30. The van der Waals surface area contributed by atoms with Crippen molar-refractivity contribution in [3.63, 3.8) is 0 Å². The summed E-state index contributed by atoms with van der Waals surface area (Å²) in [5.41, 5.74) is -0.922. The molecule has 27 heavy (non-hydrogen) atoms. The number of halogens is 3. The molecule has 2 aliphatic rings. The van der Waals surface area contributed by atoms with E-state index in [0.717, 1.165) is 25.0 Å². The predicted molar refractivity (Wildman–Crippen MR) is 95.0 cm³/mol. The molecule has 1 unspecified atom stereocenters. The highest BCUT2D eigenvalue weighted by atomic mass is 19.4. The van der Waals surface area contributed by atoms with Crippen molar-refractivity contribution in [3.05, 3.63) is 29.8 Å². The molecule has 1 saturated carbocycles. The van der Waals surface area contributed by atoms with E-state index in [2.05, 4.69) is 11.4 Å². The molecule has 146 valence electrons. The minimum absolute atomic E-state index is 0.182. The monoisotopic (exact) mass is 380 g/mol. The molecule has 1 heterocycles. The van der Waals surface area contributed by atoms with E-state index >= 15 is 0 Å². The number of piperazine rings is 1. The third-order valence-electron chi connectivity index (χ3n) is 5.30. The van der Waals surface area contributed by atoms with Gasteiger partial charge >= 0.3 is 6.18 Å². The summed E-state index contributed by atoms with van der Waals surface area (Å²) in [6, 6.07) is 7.52. The van der Waals surface area contributed by atoms with Crippen molar-refractivity contribution in [1.29, 1.82) is 5.26 Å². The lowest BCUT2D eigenvalue weighted by Crippen LogP contribution is -2.53. The van der Waals surface area contributed by atoms with Gasteiger partial charge in [0.1, 0.15) is 5.54 Å². The van der Waals surface area contributed by atoms with E-state index in [4.69, 9.17) is 0 Å². The van der Waals surface area contributed by atoms with Crippen LogP contribution in [0.25, 0.3) is 0 Å². The average molecular weight is 380 g/mol. The first-order chi connectivity index (χ1) is 12.7. The van der Waals surface area contributed by atoms with E-state index in [1.54, 1.807) is 13.0 Å². The Hall–Kier alpha value is -2.27. The Morgan fingerprint density at radius 3 is 2.48 bits per heavy atom. The third kappa shape index (κ3) is 4.72. The SMILES string of the molecule is CC(C#N)(NC(=O)CN1CCN(c2cccc(C(F)(F)F)c2)CC1)C1CC1. The number of amides is 1. The van der Waals surface area contributed by atoms with Crippen molar-refractivity contribution in [3.8, 4) is 6.07 Å². The van der Waals surface area contributed by atoms with Crippen molar-refractivity contribution in [2.24, 2.45) is 5.92 Å². The van der Waals surface area contributed by atoms with Gasteiger partial charge in [-0.3, -0.25) is 9.69 Å². The van der Waals surface area contributed by atoms with Gasteiger partial charge in [-0.25, -0.2) is 0 Å². The van der Waals surface area contributed by atoms with Crippen LogP contribution in [0.2, 0.25) is 0 Å². The second kappa shape index (κ2) is 7.39. The van der Waals surface area contributed by atoms with Crippen LogP contribution >= 0.6 is 0 Å². The maximum absolute atomic E-state index is 12.9. The Morgan fingerprint density at radius 2 is 1.93 bits per heavy atom. The second-order valence-electron chi connectivity index (χ2n) is 7.45. The number of hydrogen-bond acceptors (Lipinski definition) is 4. The molecule has 1 aliphatic carbocycles. The van der Waals surface area contributed by atoms with Crippen LogP contribution in [-0.4, -0.2) is 49.1 Å². The molecule has 0 bridgehead atoms. The van der Waals surface area contributed by atoms with E-state index in [1.807, 2.05) is 9.80 Å². The van der Waals surface area contributed by atoms with Gasteiger partial charge in [0.25, 0.3) is 0 Å². The van der Waals surface area contributed by atoms with Crippen molar-refractivity contribution in [1.82, 2.24) is 10.2 Å². The van der Waals surface area contributed by atoms with Crippen LogP contribution in [0.15, 0.2) is 24.3 Å². The van der Waals surface area contributed by atoms with Crippen LogP contribution in [0.5, 0.6) is 0 Å². The molecule has 8 heteroatoms. The number of carbonyl (C=O) groups excluding carboxylic acids is 1. The second-order valence-corrected chi connectivity index (χ2v) is 7.45. The first-order valence-electron chi connectivity index (χ1n) is 9.08. The quantitative estimate of drug-likeness (QED) is 0.853. The van der Waals surface area contributed by atoms with Crippen LogP contribution in [0.1, 0.15) is 25.3 Å². The summed E-state index contributed by atoms with van der Waals surface area (Å²) in [4.78, 5) is 16.1. The minimum atomic E-state index is -4.36. The van der Waals surface area contributed by atoms with Gasteiger partial charge in [-0.2, -0.15) is 18.4 Å². The zero-order valence-electron chi connectivity index (χ0n) is 15.2. The number of anilines is 1. The van der Waals surface area contributed by atoms with E-state index < -0.39 is 17.3 Å². The van der Waals surface area contributed by atoms with Gasteiger partial charge in [0.2, 0.25) is 5.91 Å². The molecule has 3 rings (SSSR count). The van der Waals surface area contributed by atoms with Crippen LogP contribution in [-0.2, 0) is 11.0 Å². The zero-order valence-corrected chi connectivity index (χ0v) is 15.2. The maximum atomic E-state index is 12.9. The predicted octanol–water partition coefficient (Wildman–Crippen LogP) is 2.64. The topological polar surface area (TPSA) is 59.4 Å². The number of hydrogen-bond donors (Lipinski definition) is 1. The zero-order chi connectivity index (χ0) is 19.7. The molecular formula is C19H23F3N4O. The number of nitrogens with zero attached hydrogens (tertiary/aromatic N) is 3. The van der Waals surface area contributed by atoms with E-state index in [-0.39, 0.29) is 18.4 Å². The Kier molecular flexibility index (Phi) is 5.33. The largest absolute Gasteiger partial charge is 0.416 e. The number of nitrogens with one attached hydrogen (secondary N) is 1. The summed E-state index contributed by atoms with van der Waals surface area (Å²) in [5.74, 6) is 0.0441. The van der Waals surface area contributed by atoms with Gasteiger partial charge in [0, 0.05) is 31.9 Å². The number of benzene rings is 1. The standard InChI is InChI=1S/C19H23F3N4O/c1-18(13-23,14-5-6-14)24-17(27)12-25-7-9-26(10-8-25)16-4-2-3-15(11-16)19(20,21)22/h2-4,11,14H,5-10,12H2,1H3,(H,24,27). The normalized spacial score (nSPS) is 20.6. The molecule has 1 aliphatic heterocycles. The molecule has 1 aromatic carbocycles. The summed E-state index contributed by atoms with van der Waals surface area (Å²) in [6.07, 6.45) is -2.44. The van der Waals surface area contributed by atoms with Crippen LogP contribution in [0, 0.1) is 17.2 Å². The number of carbonyl (C=O) groups is 1. The fourth-order valence-electron chi connectivity index (χ4n) is 3.46. The Labute approximate surface area is 156 Å². The Balaban J connectivity index is 1.52. The fraction of sp³-hybridized carbons (Fsp3) is 0.579. The molecular weight excluding hydrogens is 357 g/mol. The summed E-state index contributed by atoms with van der Waals surface area (Å²) < 4.78 is 38.6. The summed E-state index contributed by atoms with van der Waals surface area (Å²) in [5, 5.41) is 12.2. The van der Waals surface area contributed by atoms with Gasteiger partial charge in [0.05, 0.1) is 18.2 Å². The Morgan fingerprint density at radius 1 is 1.26 bits per heavy atom. The van der Waals surface area contributed by atoms with Gasteiger partial charge in [-0.15, -0.1) is 0 Å².